The molecule has 0 aliphatic carbocycles. The molecule has 0 saturated heterocycles. The zero-order chi connectivity index (χ0) is 14.5. The summed E-state index contributed by atoms with van der Waals surface area (Å²) >= 11 is 0. The van der Waals surface area contributed by atoms with Gasteiger partial charge in [0.25, 0.3) is 0 Å². The lowest BCUT2D eigenvalue weighted by Crippen LogP contribution is -2.22. The maximum absolute atomic E-state index is 12.0. The highest BCUT2D eigenvalue weighted by atomic mass is 16.5. The average molecular weight is 269 g/mol. The predicted molar refractivity (Wildman–Crippen MR) is 69.1 cm³/mol. The van der Waals surface area contributed by atoms with E-state index in [-0.39, 0.29) is 0 Å². The smallest absolute Gasteiger partial charge is 0.334 e. The van der Waals surface area contributed by atoms with Crippen molar-refractivity contribution in [1.29, 1.82) is 5.26 Å². The quantitative estimate of drug-likeness (QED) is 0.479. The Kier molecular flexibility index (Phi) is 3.91. The highest BCUT2D eigenvalue weighted by Gasteiger charge is 2.19. The fourth-order valence-electron chi connectivity index (χ4n) is 1.64. The summed E-state index contributed by atoms with van der Waals surface area (Å²) < 4.78 is 6.62. The van der Waals surface area contributed by atoms with Crippen LogP contribution in [-0.2, 0) is 4.79 Å². The molecule has 100 valence electrons. The molecule has 0 spiro atoms. The maximum Gasteiger partial charge on any atom is 0.334 e. The molecule has 0 saturated carbocycles. The van der Waals surface area contributed by atoms with Gasteiger partial charge in [0.1, 0.15) is 17.5 Å². The van der Waals surface area contributed by atoms with Gasteiger partial charge >= 0.3 is 5.97 Å². The molecule has 0 bridgehead atoms. The van der Waals surface area contributed by atoms with Crippen molar-refractivity contribution in [1.82, 2.24) is 9.55 Å². The molecule has 0 aliphatic rings. The first-order valence-corrected chi connectivity index (χ1v) is 5.84. The standard InChI is InChI=1S/C14H11N3O3/c1-10(17-9-16-7-12(17)8-18)14(19)20-13-4-2-11(6-15)3-5-13/h2-5,7-10H,1H3. The van der Waals surface area contributed by atoms with Gasteiger partial charge in [-0.25, -0.2) is 9.78 Å². The summed E-state index contributed by atoms with van der Waals surface area (Å²) in [5, 5.41) is 8.68. The summed E-state index contributed by atoms with van der Waals surface area (Å²) in [7, 11) is 0. The van der Waals surface area contributed by atoms with Gasteiger partial charge in [0, 0.05) is 0 Å². The van der Waals surface area contributed by atoms with Gasteiger partial charge in [-0.05, 0) is 31.2 Å². The van der Waals surface area contributed by atoms with Crippen molar-refractivity contribution in [3.63, 3.8) is 0 Å². The van der Waals surface area contributed by atoms with E-state index >= 15 is 0 Å². The van der Waals surface area contributed by atoms with Crippen LogP contribution in [0.4, 0.5) is 0 Å². The zero-order valence-electron chi connectivity index (χ0n) is 10.7. The number of nitriles is 1. The van der Waals surface area contributed by atoms with Gasteiger partial charge in [-0.3, -0.25) is 4.79 Å². The highest BCUT2D eigenvalue weighted by Crippen LogP contribution is 2.16. The second kappa shape index (κ2) is 5.80. The second-order valence-electron chi connectivity index (χ2n) is 4.08. The second-order valence-corrected chi connectivity index (χ2v) is 4.08. The number of imidazole rings is 1. The Morgan fingerprint density at radius 1 is 1.45 bits per heavy atom. The van der Waals surface area contributed by atoms with Crippen LogP contribution in [-0.4, -0.2) is 21.8 Å². The van der Waals surface area contributed by atoms with Crippen LogP contribution >= 0.6 is 0 Å². The number of aldehydes is 1. The molecule has 1 aromatic heterocycles. The normalized spacial score (nSPS) is 11.4. The Labute approximate surface area is 115 Å². The van der Waals surface area contributed by atoms with Crippen molar-refractivity contribution >= 4 is 12.3 Å². The molecule has 1 atom stereocenters. The van der Waals surface area contributed by atoms with Crippen molar-refractivity contribution in [2.75, 3.05) is 0 Å². The Morgan fingerprint density at radius 2 is 2.15 bits per heavy atom. The molecule has 0 radical (unpaired) electrons. The molecular formula is C14H11N3O3. The number of rotatable bonds is 4. The zero-order valence-corrected chi connectivity index (χ0v) is 10.7. The van der Waals surface area contributed by atoms with Crippen molar-refractivity contribution in [2.45, 2.75) is 13.0 Å². The topological polar surface area (TPSA) is 85.0 Å². The monoisotopic (exact) mass is 269 g/mol. The molecule has 1 unspecified atom stereocenters. The average Bonchev–Trinajstić information content (AvgIpc) is 2.95. The minimum atomic E-state index is -0.673. The maximum atomic E-state index is 12.0. The minimum Gasteiger partial charge on any atom is -0.425 e. The summed E-state index contributed by atoms with van der Waals surface area (Å²) in [6, 6.07) is 7.50. The first kappa shape index (κ1) is 13.5. The molecule has 0 aliphatic heterocycles. The van der Waals surface area contributed by atoms with Gasteiger partial charge in [0.15, 0.2) is 6.29 Å². The lowest BCUT2D eigenvalue weighted by Gasteiger charge is -2.13. The number of carbonyl (C=O) groups is 2. The van der Waals surface area contributed by atoms with E-state index in [4.69, 9.17) is 10.00 Å². The summed E-state index contributed by atoms with van der Waals surface area (Å²) in [6.07, 6.45) is 3.39. The first-order valence-electron chi connectivity index (χ1n) is 5.84. The van der Waals surface area contributed by atoms with E-state index in [9.17, 15) is 9.59 Å². The Hall–Kier alpha value is -2.94. The van der Waals surface area contributed by atoms with Crippen LogP contribution < -0.4 is 4.74 Å². The number of hydrogen-bond acceptors (Lipinski definition) is 5. The van der Waals surface area contributed by atoms with Crippen LogP contribution in [0.1, 0.15) is 29.0 Å². The molecule has 0 N–H and O–H groups in total. The van der Waals surface area contributed by atoms with E-state index in [0.29, 0.717) is 23.3 Å². The summed E-state index contributed by atoms with van der Waals surface area (Å²) in [5.41, 5.74) is 0.782. The van der Waals surface area contributed by atoms with E-state index in [1.807, 2.05) is 6.07 Å². The van der Waals surface area contributed by atoms with Crippen LogP contribution in [0.3, 0.4) is 0 Å². The highest BCUT2D eigenvalue weighted by molar-refractivity contribution is 5.79. The van der Waals surface area contributed by atoms with Gasteiger partial charge in [0.2, 0.25) is 0 Å². The number of hydrogen-bond donors (Lipinski definition) is 0. The van der Waals surface area contributed by atoms with Gasteiger partial charge in [-0.15, -0.1) is 0 Å². The van der Waals surface area contributed by atoms with Gasteiger partial charge in [-0.1, -0.05) is 0 Å². The molecule has 0 fully saturated rings. The molecule has 0 amide bonds. The lowest BCUT2D eigenvalue weighted by molar-refractivity contribution is -0.137. The molecule has 6 nitrogen and oxygen atoms in total. The SMILES string of the molecule is CC(C(=O)Oc1ccc(C#N)cc1)n1cncc1C=O. The van der Waals surface area contributed by atoms with E-state index in [2.05, 4.69) is 4.98 Å². The van der Waals surface area contributed by atoms with Crippen LogP contribution in [0.5, 0.6) is 5.75 Å². The summed E-state index contributed by atoms with van der Waals surface area (Å²) in [5.74, 6) is -0.176. The number of carbonyl (C=O) groups excluding carboxylic acids is 2. The molecular weight excluding hydrogens is 258 g/mol. The third-order valence-electron chi connectivity index (χ3n) is 2.78. The number of aromatic nitrogens is 2. The Balaban J connectivity index is 2.11. The fraction of sp³-hybridized carbons (Fsp3) is 0.143. The number of esters is 1. The minimum absolute atomic E-state index is 0.300. The predicted octanol–water partition coefficient (Wildman–Crippen LogP) is 1.73. The van der Waals surface area contributed by atoms with Gasteiger partial charge < -0.3 is 9.30 Å². The largest absolute Gasteiger partial charge is 0.425 e. The third kappa shape index (κ3) is 2.72. The fourth-order valence-corrected chi connectivity index (χ4v) is 1.64. The summed E-state index contributed by atoms with van der Waals surface area (Å²) in [6.45, 7) is 1.61. The van der Waals surface area contributed by atoms with Crippen molar-refractivity contribution in [3.05, 3.63) is 48.0 Å². The lowest BCUT2D eigenvalue weighted by atomic mass is 10.2. The van der Waals surface area contributed by atoms with Crippen LogP contribution in [0.2, 0.25) is 0 Å². The van der Waals surface area contributed by atoms with Crippen molar-refractivity contribution in [2.24, 2.45) is 0 Å². The van der Waals surface area contributed by atoms with Crippen molar-refractivity contribution in [3.8, 4) is 11.8 Å². The number of benzene rings is 1. The molecule has 2 aromatic rings. The number of ether oxygens (including phenoxy) is 1. The molecule has 6 heteroatoms. The van der Waals surface area contributed by atoms with Gasteiger partial charge in [-0.2, -0.15) is 5.26 Å². The first-order chi connectivity index (χ1) is 9.65. The van der Waals surface area contributed by atoms with Crippen LogP contribution in [0.25, 0.3) is 0 Å². The van der Waals surface area contributed by atoms with E-state index in [1.54, 1.807) is 19.1 Å². The molecule has 1 heterocycles. The summed E-state index contributed by atoms with van der Waals surface area (Å²) in [4.78, 5) is 26.6. The van der Waals surface area contributed by atoms with E-state index in [1.165, 1.54) is 29.2 Å². The Morgan fingerprint density at radius 3 is 2.75 bits per heavy atom. The van der Waals surface area contributed by atoms with Crippen LogP contribution in [0, 0.1) is 11.3 Å². The molecule has 2 rings (SSSR count). The van der Waals surface area contributed by atoms with E-state index in [0.717, 1.165) is 0 Å². The third-order valence-corrected chi connectivity index (χ3v) is 2.78. The van der Waals surface area contributed by atoms with E-state index < -0.39 is 12.0 Å². The Bertz CT molecular complexity index is 668. The number of nitrogens with zero attached hydrogens (tertiary/aromatic N) is 3. The van der Waals surface area contributed by atoms with Crippen molar-refractivity contribution < 1.29 is 14.3 Å². The van der Waals surface area contributed by atoms with Crippen LogP contribution in [0.15, 0.2) is 36.8 Å². The van der Waals surface area contributed by atoms with Gasteiger partial charge in [0.05, 0.1) is 24.2 Å². The molecule has 1 aromatic carbocycles. The molecule has 20 heavy (non-hydrogen) atoms.